The first kappa shape index (κ1) is 12.3. The molecule has 0 radical (unpaired) electrons. The summed E-state index contributed by atoms with van der Waals surface area (Å²) in [4.78, 5) is 1.26. The molecular formula is C14H16FNS. The van der Waals surface area contributed by atoms with Crippen molar-refractivity contribution in [2.75, 3.05) is 7.05 Å². The van der Waals surface area contributed by atoms with E-state index in [0.29, 0.717) is 6.04 Å². The van der Waals surface area contributed by atoms with Gasteiger partial charge in [-0.05, 0) is 43.5 Å². The second-order valence-corrected chi connectivity index (χ2v) is 5.15. The lowest BCUT2D eigenvalue weighted by Gasteiger charge is -2.12. The summed E-state index contributed by atoms with van der Waals surface area (Å²) in [5.41, 5.74) is 0. The fourth-order valence-electron chi connectivity index (χ4n) is 1.91. The quantitative estimate of drug-likeness (QED) is 0.780. The molecule has 0 saturated heterocycles. The molecule has 1 heterocycles. The van der Waals surface area contributed by atoms with Crippen LogP contribution in [0.25, 0.3) is 10.1 Å². The molecule has 0 bridgehead atoms. The van der Waals surface area contributed by atoms with E-state index in [1.54, 1.807) is 17.4 Å². The fraction of sp³-hybridized carbons (Fsp3) is 0.286. The van der Waals surface area contributed by atoms with Gasteiger partial charge in [0.25, 0.3) is 0 Å². The highest BCUT2D eigenvalue weighted by Gasteiger charge is 2.12. The van der Waals surface area contributed by atoms with E-state index in [9.17, 15) is 4.39 Å². The van der Waals surface area contributed by atoms with Crippen LogP contribution in [0.3, 0.4) is 0 Å². The summed E-state index contributed by atoms with van der Waals surface area (Å²) in [7, 11) is 1.96. The standard InChI is InChI=1S/C14H16FNS/c1-3-4-5-12(16-2)14-8-10-6-7-11(15)9-13(10)17-14/h3,6-9,12,16H,1,4-5H2,2H3. The maximum Gasteiger partial charge on any atom is 0.124 e. The molecule has 0 aliphatic carbocycles. The third-order valence-corrected chi connectivity index (χ3v) is 4.06. The number of hydrogen-bond acceptors (Lipinski definition) is 2. The summed E-state index contributed by atoms with van der Waals surface area (Å²) < 4.78 is 14.1. The molecule has 0 spiro atoms. The van der Waals surface area contributed by atoms with Crippen LogP contribution in [0.1, 0.15) is 23.8 Å². The molecule has 2 aromatic rings. The van der Waals surface area contributed by atoms with Gasteiger partial charge in [0.2, 0.25) is 0 Å². The number of thiophene rings is 1. The van der Waals surface area contributed by atoms with Crippen molar-refractivity contribution in [3.63, 3.8) is 0 Å². The summed E-state index contributed by atoms with van der Waals surface area (Å²) in [6, 6.07) is 7.42. The maximum atomic E-state index is 13.1. The molecule has 1 aromatic carbocycles. The number of allylic oxidation sites excluding steroid dienone is 1. The van der Waals surface area contributed by atoms with Crippen LogP contribution in [0, 0.1) is 5.82 Å². The van der Waals surface area contributed by atoms with Crippen molar-refractivity contribution in [1.29, 1.82) is 0 Å². The lowest BCUT2D eigenvalue weighted by atomic mass is 10.1. The molecule has 17 heavy (non-hydrogen) atoms. The molecule has 3 heteroatoms. The molecule has 1 atom stereocenters. The molecule has 0 saturated carbocycles. The minimum absolute atomic E-state index is 0.169. The number of halogens is 1. The highest BCUT2D eigenvalue weighted by molar-refractivity contribution is 7.19. The summed E-state index contributed by atoms with van der Waals surface area (Å²) in [6.45, 7) is 3.74. The van der Waals surface area contributed by atoms with Crippen molar-refractivity contribution in [2.24, 2.45) is 0 Å². The largest absolute Gasteiger partial charge is 0.312 e. The molecule has 1 aromatic heterocycles. The number of nitrogens with one attached hydrogen (secondary N) is 1. The van der Waals surface area contributed by atoms with E-state index in [1.807, 2.05) is 19.2 Å². The van der Waals surface area contributed by atoms with Crippen molar-refractivity contribution in [3.8, 4) is 0 Å². The van der Waals surface area contributed by atoms with E-state index in [2.05, 4.69) is 18.0 Å². The van der Waals surface area contributed by atoms with Crippen LogP contribution in [-0.2, 0) is 0 Å². The van der Waals surface area contributed by atoms with Gasteiger partial charge in [0.1, 0.15) is 5.82 Å². The highest BCUT2D eigenvalue weighted by Crippen LogP contribution is 2.32. The number of rotatable bonds is 5. The summed E-state index contributed by atoms with van der Waals surface area (Å²) >= 11 is 1.66. The fourth-order valence-corrected chi connectivity index (χ4v) is 3.14. The van der Waals surface area contributed by atoms with E-state index in [-0.39, 0.29) is 5.82 Å². The predicted molar refractivity (Wildman–Crippen MR) is 73.0 cm³/mol. The normalized spacial score (nSPS) is 12.8. The van der Waals surface area contributed by atoms with Gasteiger partial charge < -0.3 is 5.32 Å². The average Bonchev–Trinajstić information content (AvgIpc) is 2.72. The topological polar surface area (TPSA) is 12.0 Å². The molecule has 1 N–H and O–H groups in total. The third kappa shape index (κ3) is 2.73. The molecule has 0 fully saturated rings. The van der Waals surface area contributed by atoms with Gasteiger partial charge in [0, 0.05) is 15.6 Å². The Kier molecular flexibility index (Phi) is 3.92. The van der Waals surface area contributed by atoms with Crippen LogP contribution in [0.15, 0.2) is 36.9 Å². The Labute approximate surface area is 105 Å². The van der Waals surface area contributed by atoms with Gasteiger partial charge in [-0.3, -0.25) is 0 Å². The van der Waals surface area contributed by atoms with E-state index in [1.165, 1.54) is 10.9 Å². The van der Waals surface area contributed by atoms with Crippen molar-refractivity contribution in [1.82, 2.24) is 5.32 Å². The zero-order chi connectivity index (χ0) is 12.3. The van der Waals surface area contributed by atoms with Crippen molar-refractivity contribution >= 4 is 21.4 Å². The van der Waals surface area contributed by atoms with Gasteiger partial charge in [-0.1, -0.05) is 12.1 Å². The van der Waals surface area contributed by atoms with Gasteiger partial charge in [-0.2, -0.15) is 0 Å². The SMILES string of the molecule is C=CCCC(NC)c1cc2ccc(F)cc2s1. The average molecular weight is 249 g/mol. The lowest BCUT2D eigenvalue weighted by Crippen LogP contribution is -2.14. The van der Waals surface area contributed by atoms with Gasteiger partial charge in [0.15, 0.2) is 0 Å². The molecule has 0 amide bonds. The minimum atomic E-state index is -0.169. The smallest absolute Gasteiger partial charge is 0.124 e. The second kappa shape index (κ2) is 5.43. The Morgan fingerprint density at radius 1 is 1.47 bits per heavy atom. The molecule has 1 nitrogen and oxygen atoms in total. The Bertz CT molecular complexity index is 518. The molecule has 0 aliphatic heterocycles. The van der Waals surface area contributed by atoms with E-state index in [0.717, 1.165) is 22.9 Å². The van der Waals surface area contributed by atoms with Crippen LogP contribution in [-0.4, -0.2) is 7.05 Å². The monoisotopic (exact) mass is 249 g/mol. The maximum absolute atomic E-state index is 13.1. The predicted octanol–water partition coefficient (Wildman–Crippen LogP) is 4.27. The Hall–Kier alpha value is -1.19. The zero-order valence-corrected chi connectivity index (χ0v) is 10.7. The number of fused-ring (bicyclic) bond motifs is 1. The zero-order valence-electron chi connectivity index (χ0n) is 9.87. The van der Waals surface area contributed by atoms with Gasteiger partial charge in [0.05, 0.1) is 0 Å². The number of benzene rings is 1. The van der Waals surface area contributed by atoms with E-state index in [4.69, 9.17) is 0 Å². The van der Waals surface area contributed by atoms with Gasteiger partial charge >= 0.3 is 0 Å². The first-order valence-electron chi connectivity index (χ1n) is 5.71. The molecule has 0 aliphatic rings. The van der Waals surface area contributed by atoms with Crippen LogP contribution in [0.4, 0.5) is 4.39 Å². The van der Waals surface area contributed by atoms with Crippen LogP contribution in [0.2, 0.25) is 0 Å². The van der Waals surface area contributed by atoms with Crippen molar-refractivity contribution < 1.29 is 4.39 Å². The van der Waals surface area contributed by atoms with E-state index < -0.39 is 0 Å². The van der Waals surface area contributed by atoms with Crippen LogP contribution >= 0.6 is 11.3 Å². The van der Waals surface area contributed by atoms with Crippen LogP contribution < -0.4 is 5.32 Å². The first-order chi connectivity index (χ1) is 8.24. The highest BCUT2D eigenvalue weighted by atomic mass is 32.1. The first-order valence-corrected chi connectivity index (χ1v) is 6.53. The summed E-state index contributed by atoms with van der Waals surface area (Å²) in [5.74, 6) is -0.169. The molecule has 2 rings (SSSR count). The van der Waals surface area contributed by atoms with E-state index >= 15 is 0 Å². The third-order valence-electron chi connectivity index (χ3n) is 2.85. The Morgan fingerprint density at radius 2 is 2.29 bits per heavy atom. The molecular weight excluding hydrogens is 233 g/mol. The Morgan fingerprint density at radius 3 is 3.00 bits per heavy atom. The lowest BCUT2D eigenvalue weighted by molar-refractivity contribution is 0.564. The summed E-state index contributed by atoms with van der Waals surface area (Å²) in [5, 5.41) is 4.41. The number of hydrogen-bond donors (Lipinski definition) is 1. The van der Waals surface area contributed by atoms with Crippen molar-refractivity contribution in [2.45, 2.75) is 18.9 Å². The molecule has 1 unspecified atom stereocenters. The minimum Gasteiger partial charge on any atom is -0.312 e. The second-order valence-electron chi connectivity index (χ2n) is 4.04. The van der Waals surface area contributed by atoms with Crippen molar-refractivity contribution in [3.05, 3.63) is 47.6 Å². The Balaban J connectivity index is 2.30. The van der Waals surface area contributed by atoms with Gasteiger partial charge in [-0.15, -0.1) is 17.9 Å². The van der Waals surface area contributed by atoms with Gasteiger partial charge in [-0.25, -0.2) is 4.39 Å². The van der Waals surface area contributed by atoms with Crippen LogP contribution in [0.5, 0.6) is 0 Å². The molecule has 90 valence electrons. The summed E-state index contributed by atoms with van der Waals surface area (Å²) in [6.07, 6.45) is 3.93.